The number of carbonyl (C=O) groups is 2. The molecule has 0 heterocycles. The summed E-state index contributed by atoms with van der Waals surface area (Å²) in [6, 6.07) is 0. The van der Waals surface area contributed by atoms with Crippen LogP contribution < -0.4 is 0 Å². The third-order valence-corrected chi connectivity index (χ3v) is 3.60. The lowest BCUT2D eigenvalue weighted by molar-refractivity contribution is -0.160. The summed E-state index contributed by atoms with van der Waals surface area (Å²) in [5.74, 6) is -0.858. The van der Waals surface area contributed by atoms with Crippen molar-refractivity contribution in [2.75, 3.05) is 7.11 Å². The van der Waals surface area contributed by atoms with Crippen LogP contribution in [0.25, 0.3) is 0 Å². The van der Waals surface area contributed by atoms with E-state index in [0.29, 0.717) is 25.7 Å². The molecule has 2 aliphatic rings. The van der Waals surface area contributed by atoms with E-state index >= 15 is 0 Å². The Hall–Kier alpha value is -0.900. The fraction of sp³-hybridized carbons (Fsp3) is 0.800. The number of methoxy groups -OCH3 is 1. The molecule has 4 heteroatoms. The van der Waals surface area contributed by atoms with E-state index in [-0.39, 0.29) is 11.7 Å². The van der Waals surface area contributed by atoms with Gasteiger partial charge in [0.2, 0.25) is 0 Å². The summed E-state index contributed by atoms with van der Waals surface area (Å²) in [7, 11) is 1.31. The minimum absolute atomic E-state index is 0.108. The lowest BCUT2D eigenvalue weighted by Gasteiger charge is -2.31. The van der Waals surface area contributed by atoms with E-state index in [1.807, 2.05) is 0 Å². The number of rotatable bonds is 1. The highest BCUT2D eigenvalue weighted by molar-refractivity contribution is 6.07. The number of aliphatic hydroxyl groups excluding tert-OH is 1. The van der Waals surface area contributed by atoms with Gasteiger partial charge in [0.1, 0.15) is 5.41 Å². The summed E-state index contributed by atoms with van der Waals surface area (Å²) in [6.45, 7) is 0. The molecule has 2 saturated carbocycles. The molecule has 0 unspecified atom stereocenters. The first-order valence-corrected chi connectivity index (χ1v) is 4.92. The van der Waals surface area contributed by atoms with Crippen molar-refractivity contribution in [2.45, 2.75) is 31.8 Å². The molecular formula is C10H14O4. The summed E-state index contributed by atoms with van der Waals surface area (Å²) in [6.07, 6.45) is 1.58. The highest BCUT2D eigenvalue weighted by Crippen LogP contribution is 2.49. The Labute approximate surface area is 82.2 Å². The minimum Gasteiger partial charge on any atom is -0.468 e. The predicted molar refractivity (Wildman–Crippen MR) is 47.4 cm³/mol. The fourth-order valence-electron chi connectivity index (χ4n) is 2.72. The molecule has 0 aromatic carbocycles. The summed E-state index contributed by atoms with van der Waals surface area (Å²) in [4.78, 5) is 23.4. The zero-order valence-corrected chi connectivity index (χ0v) is 8.16. The third-order valence-electron chi connectivity index (χ3n) is 3.60. The quantitative estimate of drug-likeness (QED) is 0.485. The van der Waals surface area contributed by atoms with Gasteiger partial charge in [-0.15, -0.1) is 0 Å². The Balaban J connectivity index is 2.30. The SMILES string of the molecule is COC(=O)[C@]12CC[C@@H](O)[C@H](CC1)C2=O. The molecule has 4 nitrogen and oxygen atoms in total. The number of ether oxygens (including phenoxy) is 1. The van der Waals surface area contributed by atoms with Crippen LogP contribution in [0.3, 0.4) is 0 Å². The molecule has 0 spiro atoms. The molecule has 78 valence electrons. The van der Waals surface area contributed by atoms with Gasteiger partial charge in [0.25, 0.3) is 0 Å². The van der Waals surface area contributed by atoms with Gasteiger partial charge >= 0.3 is 5.97 Å². The molecule has 0 saturated heterocycles. The normalized spacial score (nSPS) is 41.1. The molecule has 0 radical (unpaired) electrons. The van der Waals surface area contributed by atoms with Gasteiger partial charge in [-0.3, -0.25) is 9.59 Å². The van der Waals surface area contributed by atoms with Crippen molar-refractivity contribution in [1.29, 1.82) is 0 Å². The van der Waals surface area contributed by atoms with E-state index in [1.165, 1.54) is 7.11 Å². The number of esters is 1. The van der Waals surface area contributed by atoms with Crippen LogP contribution in [0.15, 0.2) is 0 Å². The second-order valence-electron chi connectivity index (χ2n) is 4.19. The second-order valence-corrected chi connectivity index (χ2v) is 4.19. The van der Waals surface area contributed by atoms with Gasteiger partial charge in [0.05, 0.1) is 13.2 Å². The van der Waals surface area contributed by atoms with Crippen molar-refractivity contribution in [3.05, 3.63) is 0 Å². The summed E-state index contributed by atoms with van der Waals surface area (Å²) < 4.78 is 4.67. The van der Waals surface area contributed by atoms with Crippen molar-refractivity contribution >= 4 is 11.8 Å². The number of aliphatic hydroxyl groups is 1. The smallest absolute Gasteiger partial charge is 0.319 e. The van der Waals surface area contributed by atoms with Crippen LogP contribution in [-0.4, -0.2) is 30.1 Å². The number of fused-ring (bicyclic) bond motifs is 2. The molecule has 2 aliphatic carbocycles. The molecule has 2 rings (SSSR count). The van der Waals surface area contributed by atoms with Crippen LogP contribution in [0.1, 0.15) is 25.7 Å². The lowest BCUT2D eigenvalue weighted by Crippen LogP contribution is -2.44. The van der Waals surface area contributed by atoms with Crippen LogP contribution >= 0.6 is 0 Å². The summed E-state index contributed by atoms with van der Waals surface area (Å²) in [5, 5.41) is 9.56. The zero-order valence-electron chi connectivity index (χ0n) is 8.16. The first-order valence-electron chi connectivity index (χ1n) is 4.92. The zero-order chi connectivity index (χ0) is 10.3. The number of Topliss-reactive ketones (excluding diaryl/α,β-unsaturated/α-hetero) is 1. The molecule has 2 bridgehead atoms. The molecule has 0 aromatic rings. The van der Waals surface area contributed by atoms with Gasteiger partial charge in [-0.05, 0) is 25.7 Å². The van der Waals surface area contributed by atoms with Gasteiger partial charge in [-0.1, -0.05) is 0 Å². The standard InChI is InChI=1S/C10H14O4/c1-14-9(13)10-4-2-6(8(10)12)7(11)3-5-10/h6-7,11H,2-5H2,1H3/t6-,7+,10-/m0/s1. The van der Waals surface area contributed by atoms with Crippen molar-refractivity contribution in [2.24, 2.45) is 11.3 Å². The van der Waals surface area contributed by atoms with Gasteiger partial charge < -0.3 is 9.84 Å². The van der Waals surface area contributed by atoms with Crippen LogP contribution in [-0.2, 0) is 14.3 Å². The number of ketones is 1. The van der Waals surface area contributed by atoms with Crippen LogP contribution in [0.4, 0.5) is 0 Å². The average molecular weight is 198 g/mol. The molecule has 0 amide bonds. The van der Waals surface area contributed by atoms with Gasteiger partial charge in [0.15, 0.2) is 5.78 Å². The fourth-order valence-corrected chi connectivity index (χ4v) is 2.72. The van der Waals surface area contributed by atoms with Crippen molar-refractivity contribution in [1.82, 2.24) is 0 Å². The molecule has 3 atom stereocenters. The van der Waals surface area contributed by atoms with E-state index in [0.717, 1.165) is 0 Å². The Morgan fingerprint density at radius 1 is 1.50 bits per heavy atom. The summed E-state index contributed by atoms with van der Waals surface area (Å²) >= 11 is 0. The Kier molecular flexibility index (Phi) is 2.10. The maximum absolute atomic E-state index is 11.9. The van der Waals surface area contributed by atoms with Gasteiger partial charge in [-0.25, -0.2) is 0 Å². The first-order chi connectivity index (χ1) is 6.62. The Morgan fingerprint density at radius 2 is 2.14 bits per heavy atom. The van der Waals surface area contributed by atoms with Crippen molar-refractivity contribution in [3.8, 4) is 0 Å². The average Bonchev–Trinajstić information content (AvgIpc) is 2.40. The van der Waals surface area contributed by atoms with E-state index in [1.54, 1.807) is 0 Å². The Bertz CT molecular complexity index is 286. The maximum Gasteiger partial charge on any atom is 0.319 e. The maximum atomic E-state index is 11.9. The predicted octanol–water partition coefficient (Wildman–Crippen LogP) is 0.280. The third kappa shape index (κ3) is 1.03. The first kappa shape index (κ1) is 9.65. The topological polar surface area (TPSA) is 63.6 Å². The Morgan fingerprint density at radius 3 is 2.79 bits per heavy atom. The molecule has 0 aliphatic heterocycles. The molecule has 1 N–H and O–H groups in total. The molecular weight excluding hydrogens is 184 g/mol. The molecule has 0 aromatic heterocycles. The monoisotopic (exact) mass is 198 g/mol. The highest BCUT2D eigenvalue weighted by atomic mass is 16.5. The number of hydrogen-bond donors (Lipinski definition) is 1. The van der Waals surface area contributed by atoms with E-state index < -0.39 is 17.5 Å². The highest BCUT2D eigenvalue weighted by Gasteiger charge is 2.58. The van der Waals surface area contributed by atoms with Crippen LogP contribution in [0, 0.1) is 11.3 Å². The summed E-state index contributed by atoms with van der Waals surface area (Å²) in [5.41, 5.74) is -0.918. The van der Waals surface area contributed by atoms with Gasteiger partial charge in [-0.2, -0.15) is 0 Å². The minimum atomic E-state index is -0.918. The number of carbonyl (C=O) groups excluding carboxylic acids is 2. The van der Waals surface area contributed by atoms with Crippen molar-refractivity contribution < 1.29 is 19.4 Å². The number of hydrogen-bond acceptors (Lipinski definition) is 4. The van der Waals surface area contributed by atoms with E-state index in [2.05, 4.69) is 4.74 Å². The van der Waals surface area contributed by atoms with Crippen LogP contribution in [0.5, 0.6) is 0 Å². The van der Waals surface area contributed by atoms with Gasteiger partial charge in [0, 0.05) is 5.92 Å². The molecule has 14 heavy (non-hydrogen) atoms. The molecule has 2 fully saturated rings. The van der Waals surface area contributed by atoms with E-state index in [4.69, 9.17) is 0 Å². The van der Waals surface area contributed by atoms with Crippen LogP contribution in [0.2, 0.25) is 0 Å². The second kappa shape index (κ2) is 3.05. The van der Waals surface area contributed by atoms with Crippen molar-refractivity contribution in [3.63, 3.8) is 0 Å². The van der Waals surface area contributed by atoms with E-state index in [9.17, 15) is 14.7 Å². The lowest BCUT2D eigenvalue weighted by atomic mass is 9.73. The largest absolute Gasteiger partial charge is 0.468 e.